The van der Waals surface area contributed by atoms with E-state index in [2.05, 4.69) is 67.7 Å². The highest BCUT2D eigenvalue weighted by atomic mass is 28.4. The topological polar surface area (TPSA) is 63.2 Å². The van der Waals surface area contributed by atoms with Crippen molar-refractivity contribution in [3.8, 4) is 0 Å². The Morgan fingerprint density at radius 1 is 0.875 bits per heavy atom. The van der Waals surface area contributed by atoms with Crippen LogP contribution in [0.5, 0.6) is 0 Å². The van der Waals surface area contributed by atoms with Crippen molar-refractivity contribution < 1.29 is 27.9 Å². The number of hydrogen-bond donors (Lipinski definition) is 0. The maximum absolute atomic E-state index is 11.2. The Morgan fingerprint density at radius 3 is 1.94 bits per heavy atom. The molecule has 0 aromatic rings. The van der Waals surface area contributed by atoms with Crippen LogP contribution in [0.4, 0.5) is 0 Å². The fourth-order valence-electron chi connectivity index (χ4n) is 3.69. The molecule has 188 valence electrons. The van der Waals surface area contributed by atoms with Crippen LogP contribution in [0.2, 0.25) is 36.3 Å². The molecule has 2 fully saturated rings. The van der Waals surface area contributed by atoms with Gasteiger partial charge in [-0.3, -0.25) is 4.79 Å². The van der Waals surface area contributed by atoms with Crippen molar-refractivity contribution in [3.63, 3.8) is 0 Å². The zero-order valence-electron chi connectivity index (χ0n) is 22.4. The lowest BCUT2D eigenvalue weighted by Crippen LogP contribution is -2.51. The van der Waals surface area contributed by atoms with E-state index in [1.807, 2.05) is 0 Å². The summed E-state index contributed by atoms with van der Waals surface area (Å²) in [4.78, 5) is 11.2. The van der Waals surface area contributed by atoms with Gasteiger partial charge in [-0.1, -0.05) is 41.5 Å². The van der Waals surface area contributed by atoms with Crippen molar-refractivity contribution in [2.75, 3.05) is 6.61 Å². The van der Waals surface area contributed by atoms with Gasteiger partial charge in [0.25, 0.3) is 0 Å². The van der Waals surface area contributed by atoms with Crippen LogP contribution in [0.3, 0.4) is 0 Å². The first-order valence-electron chi connectivity index (χ1n) is 12.2. The van der Waals surface area contributed by atoms with Gasteiger partial charge >= 0.3 is 5.97 Å². The van der Waals surface area contributed by atoms with Crippen LogP contribution in [0.25, 0.3) is 0 Å². The molecule has 2 aliphatic rings. The standard InChI is InChI=1S/C24H48O6Si2/c1-17(25)27-22-15-14-19(29-22)18-12-13-20(28-18)21(30-32(10,11)24(5,6)7)16-26-31(8,9)23(2,3)4/h18-22H,12-16H2,1-11H3/t18-,19-,20-,21-,22?/m1/s1. The van der Waals surface area contributed by atoms with Gasteiger partial charge in [-0.05, 0) is 55.5 Å². The van der Waals surface area contributed by atoms with Crippen molar-refractivity contribution >= 4 is 22.6 Å². The Kier molecular flexibility index (Phi) is 8.88. The largest absolute Gasteiger partial charge is 0.436 e. The van der Waals surface area contributed by atoms with Crippen LogP contribution in [0, 0.1) is 0 Å². The van der Waals surface area contributed by atoms with Crippen molar-refractivity contribution in [1.82, 2.24) is 0 Å². The molecule has 2 saturated heterocycles. The van der Waals surface area contributed by atoms with Crippen molar-refractivity contribution in [3.05, 3.63) is 0 Å². The third-order valence-corrected chi connectivity index (χ3v) is 16.9. The Morgan fingerprint density at radius 2 is 1.41 bits per heavy atom. The molecule has 0 spiro atoms. The quantitative estimate of drug-likeness (QED) is 0.308. The second-order valence-electron chi connectivity index (χ2n) is 12.6. The Labute approximate surface area is 198 Å². The minimum Gasteiger partial charge on any atom is -0.436 e. The summed E-state index contributed by atoms with van der Waals surface area (Å²) in [5, 5.41) is 0.267. The van der Waals surface area contributed by atoms with Gasteiger partial charge < -0.3 is 23.1 Å². The van der Waals surface area contributed by atoms with Gasteiger partial charge in [0.1, 0.15) is 0 Å². The summed E-state index contributed by atoms with van der Waals surface area (Å²) in [7, 11) is -3.89. The highest BCUT2D eigenvalue weighted by molar-refractivity contribution is 6.74. The molecule has 6 nitrogen and oxygen atoms in total. The molecule has 0 amide bonds. The average Bonchev–Trinajstić information content (AvgIpc) is 3.25. The summed E-state index contributed by atoms with van der Waals surface area (Å²) in [6.45, 7) is 24.8. The first-order chi connectivity index (χ1) is 14.4. The number of carbonyl (C=O) groups excluding carboxylic acids is 1. The van der Waals surface area contributed by atoms with Gasteiger partial charge in [0, 0.05) is 13.3 Å². The van der Waals surface area contributed by atoms with E-state index in [1.54, 1.807) is 0 Å². The number of esters is 1. The van der Waals surface area contributed by atoms with E-state index in [-0.39, 0.29) is 40.5 Å². The molecule has 0 bridgehead atoms. The predicted molar refractivity (Wildman–Crippen MR) is 133 cm³/mol. The molecule has 2 heterocycles. The lowest BCUT2D eigenvalue weighted by molar-refractivity contribution is -0.182. The fourth-order valence-corrected chi connectivity index (χ4v) is 6.04. The second kappa shape index (κ2) is 10.2. The van der Waals surface area contributed by atoms with Crippen LogP contribution in [-0.2, 0) is 27.9 Å². The fraction of sp³-hybridized carbons (Fsp3) is 0.958. The molecule has 1 unspecified atom stereocenters. The summed E-state index contributed by atoms with van der Waals surface area (Å²) in [5.41, 5.74) is 0. The first-order valence-corrected chi connectivity index (χ1v) is 18.0. The molecule has 0 aromatic heterocycles. The first kappa shape index (κ1) is 28.0. The van der Waals surface area contributed by atoms with Crippen molar-refractivity contribution in [2.45, 2.75) is 141 Å². The number of rotatable bonds is 8. The Balaban J connectivity index is 2.08. The van der Waals surface area contributed by atoms with E-state index < -0.39 is 22.9 Å². The summed E-state index contributed by atoms with van der Waals surface area (Å²) in [6.07, 6.45) is 2.90. The van der Waals surface area contributed by atoms with Gasteiger partial charge in [0.15, 0.2) is 16.6 Å². The summed E-state index contributed by atoms with van der Waals surface area (Å²) >= 11 is 0. The van der Waals surface area contributed by atoms with Crippen LogP contribution in [-0.4, -0.2) is 59.9 Å². The zero-order chi connectivity index (χ0) is 24.5. The van der Waals surface area contributed by atoms with Crippen molar-refractivity contribution in [2.24, 2.45) is 0 Å². The Hall–Kier alpha value is -0.256. The third-order valence-electron chi connectivity index (χ3n) is 7.89. The summed E-state index contributed by atoms with van der Waals surface area (Å²) in [6, 6.07) is 0. The van der Waals surface area contributed by atoms with Crippen LogP contribution >= 0.6 is 0 Å². The average molecular weight is 489 g/mol. The third kappa shape index (κ3) is 7.12. The molecule has 8 heteroatoms. The second-order valence-corrected chi connectivity index (χ2v) is 22.1. The van der Waals surface area contributed by atoms with Gasteiger partial charge in [-0.15, -0.1) is 0 Å². The van der Waals surface area contributed by atoms with Crippen LogP contribution in [0.1, 0.15) is 74.1 Å². The van der Waals surface area contributed by atoms with E-state index in [4.69, 9.17) is 23.1 Å². The maximum atomic E-state index is 11.2. The van der Waals surface area contributed by atoms with E-state index >= 15 is 0 Å². The van der Waals surface area contributed by atoms with E-state index in [0.29, 0.717) is 6.61 Å². The summed E-state index contributed by atoms with van der Waals surface area (Å²) in [5.74, 6) is -0.300. The minimum atomic E-state index is -1.99. The molecule has 0 N–H and O–H groups in total. The molecule has 2 aliphatic heterocycles. The van der Waals surface area contributed by atoms with Crippen molar-refractivity contribution in [1.29, 1.82) is 0 Å². The molecule has 0 aliphatic carbocycles. The molecule has 0 saturated carbocycles. The maximum Gasteiger partial charge on any atom is 0.304 e. The highest BCUT2D eigenvalue weighted by Gasteiger charge is 2.46. The molecule has 0 radical (unpaired) electrons. The van der Waals surface area contributed by atoms with Gasteiger partial charge in [0.05, 0.1) is 31.0 Å². The summed E-state index contributed by atoms with van der Waals surface area (Å²) < 4.78 is 31.2. The lowest BCUT2D eigenvalue weighted by atomic mass is 10.1. The lowest BCUT2D eigenvalue weighted by Gasteiger charge is -2.43. The number of ether oxygens (including phenoxy) is 3. The molecule has 0 aromatic carbocycles. The van der Waals surface area contributed by atoms with Gasteiger partial charge in [-0.25, -0.2) is 0 Å². The number of hydrogen-bond acceptors (Lipinski definition) is 6. The SMILES string of the molecule is CC(=O)OC1CC[C@H]([C@H]2CC[C@H]([C@@H](CO[Si](C)(C)C(C)(C)C)O[Si](C)(C)C(C)(C)C)O2)O1. The molecule has 2 rings (SSSR count). The van der Waals surface area contributed by atoms with Crippen LogP contribution in [0.15, 0.2) is 0 Å². The molecular formula is C24H48O6Si2. The molecular weight excluding hydrogens is 440 g/mol. The molecule has 5 atom stereocenters. The van der Waals surface area contributed by atoms with Crippen LogP contribution < -0.4 is 0 Å². The molecule has 32 heavy (non-hydrogen) atoms. The smallest absolute Gasteiger partial charge is 0.304 e. The highest BCUT2D eigenvalue weighted by Crippen LogP contribution is 2.41. The normalized spacial score (nSPS) is 28.7. The zero-order valence-corrected chi connectivity index (χ0v) is 24.4. The van der Waals surface area contributed by atoms with Gasteiger partial charge in [-0.2, -0.15) is 0 Å². The minimum absolute atomic E-state index is 0.00438. The Bertz CT molecular complexity index is 637. The van der Waals surface area contributed by atoms with E-state index in [0.717, 1.165) is 25.7 Å². The van der Waals surface area contributed by atoms with E-state index in [9.17, 15) is 4.79 Å². The van der Waals surface area contributed by atoms with Gasteiger partial charge in [0.2, 0.25) is 6.29 Å². The monoisotopic (exact) mass is 488 g/mol. The number of carbonyl (C=O) groups is 1. The predicted octanol–water partition coefficient (Wildman–Crippen LogP) is 6.01. The van der Waals surface area contributed by atoms with E-state index in [1.165, 1.54) is 6.92 Å².